The Morgan fingerprint density at radius 2 is 2.31 bits per heavy atom. The van der Waals surface area contributed by atoms with Gasteiger partial charge in [-0.25, -0.2) is 0 Å². The molecule has 1 heterocycles. The first-order chi connectivity index (χ1) is 7.49. The maximum Gasteiger partial charge on any atom is 0.320 e. The Morgan fingerprint density at radius 3 is 2.75 bits per heavy atom. The molecule has 3 nitrogen and oxygen atoms in total. The molecule has 5 heteroatoms. The molecule has 0 fully saturated rings. The van der Waals surface area contributed by atoms with Gasteiger partial charge in [-0.2, -0.15) is 0 Å². The summed E-state index contributed by atoms with van der Waals surface area (Å²) in [6, 6.07) is 1.55. The highest BCUT2D eigenvalue weighted by Gasteiger charge is 2.18. The Morgan fingerprint density at radius 1 is 1.62 bits per heavy atom. The predicted molar refractivity (Wildman–Crippen MR) is 69.7 cm³/mol. The second-order valence-electron chi connectivity index (χ2n) is 4.13. The average molecular weight is 306 g/mol. The number of hydrogen-bond donors (Lipinski definition) is 2. The normalized spacial score (nSPS) is 13.0. The van der Waals surface area contributed by atoms with Crippen LogP contribution in [0.2, 0.25) is 0 Å². The van der Waals surface area contributed by atoms with E-state index < -0.39 is 12.0 Å². The van der Waals surface area contributed by atoms with Crippen molar-refractivity contribution in [2.45, 2.75) is 32.9 Å². The van der Waals surface area contributed by atoms with Crippen molar-refractivity contribution in [2.75, 3.05) is 0 Å². The molecule has 0 aliphatic carbocycles. The summed E-state index contributed by atoms with van der Waals surface area (Å²) in [4.78, 5) is 12.1. The summed E-state index contributed by atoms with van der Waals surface area (Å²) in [5.41, 5.74) is 0. The Hall–Kier alpha value is -0.390. The fraction of sp³-hybridized carbons (Fsp3) is 0.545. The molecular weight excluding hydrogens is 290 g/mol. The van der Waals surface area contributed by atoms with Crippen molar-refractivity contribution in [1.29, 1.82) is 0 Å². The van der Waals surface area contributed by atoms with E-state index in [1.54, 1.807) is 11.3 Å². The van der Waals surface area contributed by atoms with Gasteiger partial charge in [0.25, 0.3) is 0 Å². The molecule has 0 radical (unpaired) electrons. The van der Waals surface area contributed by atoms with Gasteiger partial charge in [-0.1, -0.05) is 13.8 Å². The first kappa shape index (κ1) is 13.7. The molecule has 16 heavy (non-hydrogen) atoms. The third-order valence-electron chi connectivity index (χ3n) is 2.15. The van der Waals surface area contributed by atoms with E-state index in [0.717, 1.165) is 9.35 Å². The van der Waals surface area contributed by atoms with E-state index in [2.05, 4.69) is 21.2 Å². The summed E-state index contributed by atoms with van der Waals surface area (Å²) in [7, 11) is 0. The van der Waals surface area contributed by atoms with Gasteiger partial charge in [0.15, 0.2) is 0 Å². The Labute approximate surface area is 108 Å². The summed E-state index contributed by atoms with van der Waals surface area (Å²) in [5.74, 6) is -0.395. The second-order valence-corrected chi connectivity index (χ2v) is 6.04. The van der Waals surface area contributed by atoms with Crippen LogP contribution in [0.3, 0.4) is 0 Å². The lowest BCUT2D eigenvalue weighted by molar-refractivity contribution is -0.139. The SMILES string of the molecule is CC(C)C[C@@H](NCc1cc(Br)cs1)C(=O)O. The summed E-state index contributed by atoms with van der Waals surface area (Å²) >= 11 is 4.99. The Bertz CT molecular complexity index is 352. The van der Waals surface area contributed by atoms with Crippen LogP contribution in [0.15, 0.2) is 15.9 Å². The van der Waals surface area contributed by atoms with E-state index in [4.69, 9.17) is 5.11 Å². The molecule has 0 aromatic carbocycles. The molecule has 0 unspecified atom stereocenters. The lowest BCUT2D eigenvalue weighted by Gasteiger charge is -2.15. The van der Waals surface area contributed by atoms with Gasteiger partial charge in [-0.15, -0.1) is 11.3 Å². The Balaban J connectivity index is 2.46. The van der Waals surface area contributed by atoms with E-state index in [-0.39, 0.29) is 0 Å². The summed E-state index contributed by atoms with van der Waals surface area (Å²) in [5, 5.41) is 14.1. The zero-order valence-electron chi connectivity index (χ0n) is 9.37. The number of carbonyl (C=O) groups is 1. The molecule has 1 aromatic heterocycles. The van der Waals surface area contributed by atoms with Gasteiger partial charge in [0.2, 0.25) is 0 Å². The molecule has 0 aliphatic heterocycles. The molecule has 90 valence electrons. The van der Waals surface area contributed by atoms with Crippen molar-refractivity contribution < 1.29 is 9.90 Å². The number of hydrogen-bond acceptors (Lipinski definition) is 3. The van der Waals surface area contributed by atoms with Crippen LogP contribution in [-0.2, 0) is 11.3 Å². The Kier molecular flexibility index (Phi) is 5.44. The summed E-state index contributed by atoms with van der Waals surface area (Å²) in [6.07, 6.45) is 0.655. The zero-order chi connectivity index (χ0) is 12.1. The highest BCUT2D eigenvalue weighted by atomic mass is 79.9. The zero-order valence-corrected chi connectivity index (χ0v) is 11.8. The topological polar surface area (TPSA) is 49.3 Å². The van der Waals surface area contributed by atoms with Crippen LogP contribution in [0.25, 0.3) is 0 Å². The number of nitrogens with one attached hydrogen (secondary N) is 1. The average Bonchev–Trinajstić information content (AvgIpc) is 2.58. The van der Waals surface area contributed by atoms with Crippen molar-refractivity contribution in [1.82, 2.24) is 5.32 Å². The number of thiophene rings is 1. The minimum atomic E-state index is -0.774. The number of halogens is 1. The van der Waals surface area contributed by atoms with Crippen LogP contribution >= 0.6 is 27.3 Å². The van der Waals surface area contributed by atoms with E-state index in [1.807, 2.05) is 25.3 Å². The minimum Gasteiger partial charge on any atom is -0.480 e. The molecular formula is C11H16BrNO2S. The molecule has 0 aliphatic rings. The fourth-order valence-electron chi connectivity index (χ4n) is 1.41. The van der Waals surface area contributed by atoms with Crippen molar-refractivity contribution in [3.8, 4) is 0 Å². The largest absolute Gasteiger partial charge is 0.480 e. The van der Waals surface area contributed by atoms with Crippen LogP contribution in [0.4, 0.5) is 0 Å². The quantitative estimate of drug-likeness (QED) is 0.849. The van der Waals surface area contributed by atoms with Gasteiger partial charge in [0.1, 0.15) is 6.04 Å². The van der Waals surface area contributed by atoms with Crippen LogP contribution in [0, 0.1) is 5.92 Å². The van der Waals surface area contributed by atoms with Crippen molar-refractivity contribution in [3.63, 3.8) is 0 Å². The van der Waals surface area contributed by atoms with Crippen LogP contribution in [-0.4, -0.2) is 17.1 Å². The molecule has 2 N–H and O–H groups in total. The van der Waals surface area contributed by atoms with Gasteiger partial charge < -0.3 is 5.11 Å². The molecule has 1 atom stereocenters. The van der Waals surface area contributed by atoms with E-state index in [0.29, 0.717) is 18.9 Å². The van der Waals surface area contributed by atoms with Crippen molar-refractivity contribution >= 4 is 33.2 Å². The smallest absolute Gasteiger partial charge is 0.320 e. The number of rotatable bonds is 6. The third kappa shape index (κ3) is 4.63. The van der Waals surface area contributed by atoms with Crippen LogP contribution in [0.5, 0.6) is 0 Å². The van der Waals surface area contributed by atoms with Gasteiger partial charge >= 0.3 is 5.97 Å². The summed E-state index contributed by atoms with van der Waals surface area (Å²) in [6.45, 7) is 4.67. The molecule has 1 aromatic rings. The molecule has 1 rings (SSSR count). The molecule has 0 saturated carbocycles. The lowest BCUT2D eigenvalue weighted by Crippen LogP contribution is -2.37. The fourth-order valence-corrected chi connectivity index (χ4v) is 2.82. The molecule has 0 bridgehead atoms. The van der Waals surface area contributed by atoms with E-state index in [1.165, 1.54) is 0 Å². The lowest BCUT2D eigenvalue weighted by atomic mass is 10.0. The molecule has 0 saturated heterocycles. The molecule has 0 spiro atoms. The molecule has 0 amide bonds. The van der Waals surface area contributed by atoms with Gasteiger partial charge in [-0.3, -0.25) is 10.1 Å². The first-order valence-electron chi connectivity index (χ1n) is 5.18. The van der Waals surface area contributed by atoms with Gasteiger partial charge in [0, 0.05) is 21.3 Å². The van der Waals surface area contributed by atoms with E-state index in [9.17, 15) is 4.79 Å². The van der Waals surface area contributed by atoms with Gasteiger partial charge in [0.05, 0.1) is 0 Å². The van der Waals surface area contributed by atoms with Crippen LogP contribution in [0.1, 0.15) is 25.1 Å². The maximum atomic E-state index is 11.0. The summed E-state index contributed by atoms with van der Waals surface area (Å²) < 4.78 is 1.05. The van der Waals surface area contributed by atoms with Crippen molar-refractivity contribution in [2.24, 2.45) is 5.92 Å². The monoisotopic (exact) mass is 305 g/mol. The van der Waals surface area contributed by atoms with Gasteiger partial charge in [-0.05, 0) is 34.3 Å². The van der Waals surface area contributed by atoms with Crippen LogP contribution < -0.4 is 5.32 Å². The van der Waals surface area contributed by atoms with Crippen molar-refractivity contribution in [3.05, 3.63) is 20.8 Å². The predicted octanol–water partition coefficient (Wildman–Crippen LogP) is 3.10. The first-order valence-corrected chi connectivity index (χ1v) is 6.85. The highest BCUT2D eigenvalue weighted by Crippen LogP contribution is 2.19. The third-order valence-corrected chi connectivity index (χ3v) is 3.85. The number of carboxylic acid groups (broad SMARTS) is 1. The number of aliphatic carboxylic acids is 1. The maximum absolute atomic E-state index is 11.0. The second kappa shape index (κ2) is 6.37. The highest BCUT2D eigenvalue weighted by molar-refractivity contribution is 9.10. The van der Waals surface area contributed by atoms with E-state index >= 15 is 0 Å². The standard InChI is InChI=1S/C11H16BrNO2S/c1-7(2)3-10(11(14)15)13-5-9-4-8(12)6-16-9/h4,6-7,10,13H,3,5H2,1-2H3,(H,14,15)/t10-/m1/s1. The number of carboxylic acids is 1. The minimum absolute atomic E-state index is 0.378.